The zero-order chi connectivity index (χ0) is 17.5. The number of piperazine rings is 1. The van der Waals surface area contributed by atoms with Gasteiger partial charge in [0.05, 0.1) is 6.54 Å². The number of nitrogens with one attached hydrogen (secondary N) is 2. The quantitative estimate of drug-likeness (QED) is 0.792. The standard InChI is InChI=1S/C17H27N5O2/c1-4-18-16(23)12-21-7-9-22(10-8-21)15-11-14(5-6-19-15)17(24)20-13(2)3/h5-6,11,13H,4,7-10,12H2,1-3H3,(H,18,23)(H,20,24). The number of carbonyl (C=O) groups is 2. The topological polar surface area (TPSA) is 77.6 Å². The van der Waals surface area contributed by atoms with Crippen LogP contribution in [0.1, 0.15) is 31.1 Å². The molecule has 1 aromatic heterocycles. The van der Waals surface area contributed by atoms with Crippen LogP contribution in [0.25, 0.3) is 0 Å². The van der Waals surface area contributed by atoms with Gasteiger partial charge in [-0.2, -0.15) is 0 Å². The molecule has 7 heteroatoms. The Bertz CT molecular complexity index is 568. The van der Waals surface area contributed by atoms with Crippen LogP contribution in [-0.2, 0) is 4.79 Å². The molecule has 0 saturated carbocycles. The number of amides is 2. The Balaban J connectivity index is 1.92. The van der Waals surface area contributed by atoms with E-state index in [1.54, 1.807) is 12.3 Å². The number of carbonyl (C=O) groups excluding carboxylic acids is 2. The number of pyridine rings is 1. The molecule has 0 bridgehead atoms. The smallest absolute Gasteiger partial charge is 0.251 e. The molecule has 0 spiro atoms. The number of hydrogen-bond donors (Lipinski definition) is 2. The third-order valence-corrected chi connectivity index (χ3v) is 3.86. The molecule has 7 nitrogen and oxygen atoms in total. The predicted molar refractivity (Wildman–Crippen MR) is 94.2 cm³/mol. The second kappa shape index (κ2) is 8.63. The first-order valence-corrected chi connectivity index (χ1v) is 8.50. The van der Waals surface area contributed by atoms with Crippen LogP contribution in [0.15, 0.2) is 18.3 Å². The summed E-state index contributed by atoms with van der Waals surface area (Å²) >= 11 is 0. The van der Waals surface area contributed by atoms with Gasteiger partial charge in [0.2, 0.25) is 5.91 Å². The Morgan fingerprint density at radius 2 is 1.96 bits per heavy atom. The van der Waals surface area contributed by atoms with Crippen molar-refractivity contribution in [3.63, 3.8) is 0 Å². The Labute approximate surface area is 143 Å². The highest BCUT2D eigenvalue weighted by Gasteiger charge is 2.20. The van der Waals surface area contributed by atoms with E-state index in [0.29, 0.717) is 18.7 Å². The van der Waals surface area contributed by atoms with Crippen molar-refractivity contribution >= 4 is 17.6 Å². The molecule has 2 amide bonds. The lowest BCUT2D eigenvalue weighted by atomic mass is 10.2. The summed E-state index contributed by atoms with van der Waals surface area (Å²) in [7, 11) is 0. The summed E-state index contributed by atoms with van der Waals surface area (Å²) in [5.74, 6) is 0.795. The van der Waals surface area contributed by atoms with Crippen LogP contribution < -0.4 is 15.5 Å². The molecule has 132 valence electrons. The summed E-state index contributed by atoms with van der Waals surface area (Å²) in [5, 5.41) is 5.71. The third-order valence-electron chi connectivity index (χ3n) is 3.86. The molecule has 2 rings (SSSR count). The average molecular weight is 333 g/mol. The van der Waals surface area contributed by atoms with Gasteiger partial charge >= 0.3 is 0 Å². The van der Waals surface area contributed by atoms with Gasteiger partial charge in [0.25, 0.3) is 5.91 Å². The normalized spacial score (nSPS) is 15.4. The lowest BCUT2D eigenvalue weighted by molar-refractivity contribution is -0.122. The fourth-order valence-corrected chi connectivity index (χ4v) is 2.67. The Morgan fingerprint density at radius 1 is 1.25 bits per heavy atom. The van der Waals surface area contributed by atoms with Crippen molar-refractivity contribution in [2.24, 2.45) is 0 Å². The minimum Gasteiger partial charge on any atom is -0.355 e. The SMILES string of the molecule is CCNC(=O)CN1CCN(c2cc(C(=O)NC(C)C)ccn2)CC1. The second-order valence-corrected chi connectivity index (χ2v) is 6.25. The van der Waals surface area contributed by atoms with E-state index < -0.39 is 0 Å². The first-order chi connectivity index (χ1) is 11.5. The van der Waals surface area contributed by atoms with Crippen molar-refractivity contribution in [3.05, 3.63) is 23.9 Å². The van der Waals surface area contributed by atoms with Gasteiger partial charge in [0.1, 0.15) is 5.82 Å². The molecule has 1 aliphatic rings. The van der Waals surface area contributed by atoms with E-state index in [9.17, 15) is 9.59 Å². The fourth-order valence-electron chi connectivity index (χ4n) is 2.67. The van der Waals surface area contributed by atoms with Crippen LogP contribution in [0.5, 0.6) is 0 Å². The van der Waals surface area contributed by atoms with Crippen molar-refractivity contribution in [3.8, 4) is 0 Å². The molecule has 24 heavy (non-hydrogen) atoms. The summed E-state index contributed by atoms with van der Waals surface area (Å²) in [6, 6.07) is 3.66. The van der Waals surface area contributed by atoms with Gasteiger partial charge in [-0.3, -0.25) is 14.5 Å². The van der Waals surface area contributed by atoms with E-state index in [2.05, 4.69) is 25.4 Å². The van der Waals surface area contributed by atoms with E-state index in [-0.39, 0.29) is 17.9 Å². The van der Waals surface area contributed by atoms with Crippen LogP contribution in [0.4, 0.5) is 5.82 Å². The van der Waals surface area contributed by atoms with Crippen LogP contribution in [0.3, 0.4) is 0 Å². The van der Waals surface area contributed by atoms with Crippen molar-refractivity contribution in [1.82, 2.24) is 20.5 Å². The maximum Gasteiger partial charge on any atom is 0.251 e. The van der Waals surface area contributed by atoms with E-state index in [4.69, 9.17) is 0 Å². The van der Waals surface area contributed by atoms with Crippen molar-refractivity contribution in [1.29, 1.82) is 0 Å². The molecule has 1 fully saturated rings. The van der Waals surface area contributed by atoms with E-state index in [1.807, 2.05) is 26.8 Å². The van der Waals surface area contributed by atoms with E-state index in [1.165, 1.54) is 0 Å². The Kier molecular flexibility index (Phi) is 6.54. The minimum absolute atomic E-state index is 0.0661. The molecule has 1 saturated heterocycles. The van der Waals surface area contributed by atoms with E-state index >= 15 is 0 Å². The molecule has 2 N–H and O–H groups in total. The van der Waals surface area contributed by atoms with Gasteiger partial charge in [-0.1, -0.05) is 0 Å². The molecular weight excluding hydrogens is 306 g/mol. The number of anilines is 1. The largest absolute Gasteiger partial charge is 0.355 e. The first-order valence-electron chi connectivity index (χ1n) is 8.50. The Morgan fingerprint density at radius 3 is 2.58 bits per heavy atom. The lowest BCUT2D eigenvalue weighted by Crippen LogP contribution is -2.49. The van der Waals surface area contributed by atoms with Crippen LogP contribution in [0, 0.1) is 0 Å². The van der Waals surface area contributed by atoms with Crippen molar-refractivity contribution < 1.29 is 9.59 Å². The van der Waals surface area contributed by atoms with Gasteiger partial charge in [-0.15, -0.1) is 0 Å². The summed E-state index contributed by atoms with van der Waals surface area (Å²) in [6.07, 6.45) is 1.67. The first kappa shape index (κ1) is 18.2. The summed E-state index contributed by atoms with van der Waals surface area (Å²) < 4.78 is 0. The van der Waals surface area contributed by atoms with Gasteiger partial charge in [0, 0.05) is 50.5 Å². The summed E-state index contributed by atoms with van der Waals surface area (Å²) in [6.45, 7) is 10.1. The minimum atomic E-state index is -0.0801. The van der Waals surface area contributed by atoms with Crippen LogP contribution in [0.2, 0.25) is 0 Å². The zero-order valence-electron chi connectivity index (χ0n) is 14.7. The number of hydrogen-bond acceptors (Lipinski definition) is 5. The van der Waals surface area contributed by atoms with Crippen molar-refractivity contribution in [2.45, 2.75) is 26.8 Å². The number of nitrogens with zero attached hydrogens (tertiary/aromatic N) is 3. The highest BCUT2D eigenvalue weighted by molar-refractivity contribution is 5.95. The van der Waals surface area contributed by atoms with Gasteiger partial charge in [-0.05, 0) is 32.9 Å². The molecule has 0 radical (unpaired) electrons. The molecule has 0 atom stereocenters. The third kappa shape index (κ3) is 5.19. The average Bonchev–Trinajstić information content (AvgIpc) is 2.55. The second-order valence-electron chi connectivity index (χ2n) is 6.25. The molecule has 1 aromatic rings. The number of aromatic nitrogens is 1. The maximum absolute atomic E-state index is 12.1. The number of rotatable bonds is 6. The highest BCUT2D eigenvalue weighted by atomic mass is 16.2. The molecule has 0 aliphatic carbocycles. The molecule has 2 heterocycles. The zero-order valence-corrected chi connectivity index (χ0v) is 14.7. The van der Waals surface area contributed by atoms with Gasteiger partial charge in [0.15, 0.2) is 0 Å². The summed E-state index contributed by atoms with van der Waals surface area (Å²) in [4.78, 5) is 32.4. The predicted octanol–water partition coefficient (Wildman–Crippen LogP) is 0.478. The summed E-state index contributed by atoms with van der Waals surface area (Å²) in [5.41, 5.74) is 0.624. The Hall–Kier alpha value is -2.15. The van der Waals surface area contributed by atoms with Crippen molar-refractivity contribution in [2.75, 3.05) is 44.2 Å². The van der Waals surface area contributed by atoms with Crippen LogP contribution >= 0.6 is 0 Å². The molecule has 0 aromatic carbocycles. The molecule has 1 aliphatic heterocycles. The van der Waals surface area contributed by atoms with E-state index in [0.717, 1.165) is 32.0 Å². The number of likely N-dealkylation sites (N-methyl/N-ethyl adjacent to an activating group) is 1. The molecule has 0 unspecified atom stereocenters. The molecular formula is C17H27N5O2. The fraction of sp³-hybridized carbons (Fsp3) is 0.588. The van der Waals surface area contributed by atoms with Crippen LogP contribution in [-0.4, -0.2) is 67.0 Å². The highest BCUT2D eigenvalue weighted by Crippen LogP contribution is 2.15. The van der Waals surface area contributed by atoms with Gasteiger partial charge in [-0.25, -0.2) is 4.98 Å². The maximum atomic E-state index is 12.1. The van der Waals surface area contributed by atoms with Gasteiger partial charge < -0.3 is 15.5 Å². The monoisotopic (exact) mass is 333 g/mol. The lowest BCUT2D eigenvalue weighted by Gasteiger charge is -2.35.